The lowest BCUT2D eigenvalue weighted by molar-refractivity contribution is 0.373. The molecule has 0 aliphatic carbocycles. The summed E-state index contributed by atoms with van der Waals surface area (Å²) in [7, 11) is 1.92. The summed E-state index contributed by atoms with van der Waals surface area (Å²) in [4.78, 5) is 9.04. The van der Waals surface area contributed by atoms with Crippen LogP contribution in [0.4, 0.5) is 0 Å². The second-order valence-electron chi connectivity index (χ2n) is 5.15. The van der Waals surface area contributed by atoms with Crippen LogP contribution < -0.4 is 5.32 Å². The van der Waals surface area contributed by atoms with Crippen molar-refractivity contribution in [1.82, 2.24) is 25.1 Å². The number of hydrogen-bond donors (Lipinski definition) is 1. The van der Waals surface area contributed by atoms with Crippen molar-refractivity contribution in [2.75, 3.05) is 13.1 Å². The van der Waals surface area contributed by atoms with Crippen LogP contribution in [0.1, 0.15) is 18.5 Å². The fourth-order valence-electron chi connectivity index (χ4n) is 2.61. The number of rotatable bonds is 3. The molecule has 0 radical (unpaired) electrons. The lowest BCUT2D eigenvalue weighted by atomic mass is 9.95. The molecule has 1 saturated heterocycles. The zero-order valence-corrected chi connectivity index (χ0v) is 11.2. The summed E-state index contributed by atoms with van der Waals surface area (Å²) in [6.45, 7) is 2.26. The van der Waals surface area contributed by atoms with Gasteiger partial charge in [-0.1, -0.05) is 0 Å². The maximum atomic E-state index is 4.54. The van der Waals surface area contributed by atoms with E-state index in [1.54, 1.807) is 6.20 Å². The second-order valence-corrected chi connectivity index (χ2v) is 5.15. The van der Waals surface area contributed by atoms with Crippen molar-refractivity contribution in [3.8, 4) is 11.4 Å². The zero-order chi connectivity index (χ0) is 13.1. The smallest absolute Gasteiger partial charge is 0.107 e. The first-order valence-corrected chi connectivity index (χ1v) is 6.83. The molecule has 5 nitrogen and oxygen atoms in total. The van der Waals surface area contributed by atoms with E-state index in [9.17, 15) is 0 Å². The van der Waals surface area contributed by atoms with Crippen LogP contribution >= 0.6 is 0 Å². The molecular weight excluding hydrogens is 238 g/mol. The van der Waals surface area contributed by atoms with Gasteiger partial charge < -0.3 is 5.32 Å². The van der Waals surface area contributed by atoms with Gasteiger partial charge in [-0.15, -0.1) is 0 Å². The van der Waals surface area contributed by atoms with Crippen LogP contribution in [0.15, 0.2) is 24.7 Å². The fraction of sp³-hybridized carbons (Fsp3) is 0.500. The summed E-state index contributed by atoms with van der Waals surface area (Å²) in [5.41, 5.74) is 2.96. The molecule has 1 aliphatic heterocycles. The molecule has 0 unspecified atom stereocenters. The Morgan fingerprint density at radius 1 is 1.37 bits per heavy atom. The monoisotopic (exact) mass is 257 g/mol. The Kier molecular flexibility index (Phi) is 3.55. The number of aryl methyl sites for hydroxylation is 1. The molecule has 0 bridgehead atoms. The van der Waals surface area contributed by atoms with Crippen molar-refractivity contribution in [2.24, 2.45) is 13.0 Å². The average Bonchev–Trinajstić information content (AvgIpc) is 2.87. The minimum absolute atomic E-state index is 0.700. The Balaban J connectivity index is 1.70. The van der Waals surface area contributed by atoms with Crippen LogP contribution in [0.3, 0.4) is 0 Å². The highest BCUT2D eigenvalue weighted by Crippen LogP contribution is 2.17. The number of nitrogens with zero attached hydrogens (tertiary/aromatic N) is 4. The van der Waals surface area contributed by atoms with Gasteiger partial charge in [-0.05, 0) is 44.3 Å². The third-order valence-corrected chi connectivity index (χ3v) is 3.69. The Morgan fingerprint density at radius 3 is 2.95 bits per heavy atom. The van der Waals surface area contributed by atoms with Crippen LogP contribution in [0.25, 0.3) is 11.4 Å². The molecule has 0 aromatic carbocycles. The average molecular weight is 257 g/mol. The van der Waals surface area contributed by atoms with Crippen molar-refractivity contribution in [3.05, 3.63) is 30.4 Å². The van der Waals surface area contributed by atoms with Crippen LogP contribution in [-0.2, 0) is 13.5 Å². The van der Waals surface area contributed by atoms with E-state index in [2.05, 4.69) is 20.4 Å². The van der Waals surface area contributed by atoms with Crippen molar-refractivity contribution in [2.45, 2.75) is 19.3 Å². The molecule has 2 aromatic rings. The molecule has 1 fully saturated rings. The van der Waals surface area contributed by atoms with Gasteiger partial charge in [0.25, 0.3) is 0 Å². The molecule has 100 valence electrons. The van der Waals surface area contributed by atoms with Crippen molar-refractivity contribution in [1.29, 1.82) is 0 Å². The molecule has 0 amide bonds. The summed E-state index contributed by atoms with van der Waals surface area (Å²) >= 11 is 0. The number of nitrogens with one attached hydrogen (secondary N) is 1. The van der Waals surface area contributed by atoms with Gasteiger partial charge in [-0.25, -0.2) is 0 Å². The third kappa shape index (κ3) is 2.81. The Morgan fingerprint density at radius 2 is 2.32 bits per heavy atom. The highest BCUT2D eigenvalue weighted by Gasteiger charge is 2.14. The van der Waals surface area contributed by atoms with Gasteiger partial charge in [0.1, 0.15) is 5.69 Å². The SMILES string of the molecule is Cn1nccc1-c1cnc(C[C@@H]2CCCNC2)cn1. The first kappa shape index (κ1) is 12.3. The summed E-state index contributed by atoms with van der Waals surface area (Å²) in [6.07, 6.45) is 9.10. The molecule has 0 saturated carbocycles. The Hall–Kier alpha value is -1.75. The molecule has 2 aromatic heterocycles. The molecule has 1 aliphatic rings. The lowest BCUT2D eigenvalue weighted by Gasteiger charge is -2.22. The van der Waals surface area contributed by atoms with E-state index in [0.717, 1.165) is 36.6 Å². The van der Waals surface area contributed by atoms with Crippen molar-refractivity contribution >= 4 is 0 Å². The highest BCUT2D eigenvalue weighted by molar-refractivity contribution is 5.52. The quantitative estimate of drug-likeness (QED) is 0.903. The van der Waals surface area contributed by atoms with Crippen LogP contribution in [0, 0.1) is 5.92 Å². The zero-order valence-electron chi connectivity index (χ0n) is 11.2. The van der Waals surface area contributed by atoms with E-state index in [0.29, 0.717) is 5.92 Å². The molecule has 5 heteroatoms. The largest absolute Gasteiger partial charge is 0.316 e. The predicted octanol–water partition coefficient (Wildman–Crippen LogP) is 1.42. The van der Waals surface area contributed by atoms with Gasteiger partial charge in [-0.2, -0.15) is 5.10 Å². The molecule has 19 heavy (non-hydrogen) atoms. The van der Waals surface area contributed by atoms with Crippen LogP contribution in [0.2, 0.25) is 0 Å². The molecule has 1 N–H and O–H groups in total. The Labute approximate surface area is 113 Å². The van der Waals surface area contributed by atoms with E-state index in [1.165, 1.54) is 12.8 Å². The van der Waals surface area contributed by atoms with E-state index in [4.69, 9.17) is 0 Å². The van der Waals surface area contributed by atoms with Gasteiger partial charge in [0.15, 0.2) is 0 Å². The second kappa shape index (κ2) is 5.48. The predicted molar refractivity (Wildman–Crippen MR) is 73.5 cm³/mol. The van der Waals surface area contributed by atoms with Gasteiger partial charge in [0.05, 0.1) is 17.6 Å². The topological polar surface area (TPSA) is 55.6 Å². The van der Waals surface area contributed by atoms with Crippen molar-refractivity contribution in [3.63, 3.8) is 0 Å². The van der Waals surface area contributed by atoms with Gasteiger partial charge in [-0.3, -0.25) is 14.6 Å². The first-order chi connectivity index (χ1) is 9.33. The minimum atomic E-state index is 0.700. The molecular formula is C14H19N5. The van der Waals surface area contributed by atoms with Gasteiger partial charge in [0.2, 0.25) is 0 Å². The Bertz CT molecular complexity index is 525. The summed E-state index contributed by atoms with van der Waals surface area (Å²) in [5, 5.41) is 7.59. The van der Waals surface area contributed by atoms with E-state index >= 15 is 0 Å². The normalized spacial score (nSPS) is 19.5. The summed E-state index contributed by atoms with van der Waals surface area (Å²) in [6, 6.07) is 1.95. The van der Waals surface area contributed by atoms with Gasteiger partial charge >= 0.3 is 0 Å². The summed E-state index contributed by atoms with van der Waals surface area (Å²) in [5.74, 6) is 0.700. The molecule has 0 spiro atoms. The maximum absolute atomic E-state index is 4.54. The minimum Gasteiger partial charge on any atom is -0.316 e. The van der Waals surface area contributed by atoms with E-state index in [1.807, 2.05) is 30.2 Å². The van der Waals surface area contributed by atoms with E-state index in [-0.39, 0.29) is 0 Å². The summed E-state index contributed by atoms with van der Waals surface area (Å²) < 4.78 is 1.81. The standard InChI is InChI=1S/C14H19N5/c1-19-14(4-6-18-19)13-10-16-12(9-17-13)7-11-3-2-5-15-8-11/h4,6,9-11,15H,2-3,5,7-8H2,1H3/t11-/m0/s1. The number of hydrogen-bond acceptors (Lipinski definition) is 4. The number of piperidine rings is 1. The van der Waals surface area contributed by atoms with Crippen LogP contribution in [0.5, 0.6) is 0 Å². The van der Waals surface area contributed by atoms with E-state index < -0.39 is 0 Å². The molecule has 1 atom stereocenters. The maximum Gasteiger partial charge on any atom is 0.107 e. The first-order valence-electron chi connectivity index (χ1n) is 6.83. The van der Waals surface area contributed by atoms with Crippen LogP contribution in [-0.4, -0.2) is 32.8 Å². The molecule has 3 heterocycles. The fourth-order valence-corrected chi connectivity index (χ4v) is 2.61. The highest BCUT2D eigenvalue weighted by atomic mass is 15.3. The molecule has 3 rings (SSSR count). The van der Waals surface area contributed by atoms with Crippen molar-refractivity contribution < 1.29 is 0 Å². The number of aromatic nitrogens is 4. The third-order valence-electron chi connectivity index (χ3n) is 3.69. The lowest BCUT2D eigenvalue weighted by Crippen LogP contribution is -2.31. The van der Waals surface area contributed by atoms with Gasteiger partial charge in [0, 0.05) is 19.4 Å².